The van der Waals surface area contributed by atoms with Gasteiger partial charge in [-0.15, -0.1) is 0 Å². The number of hydrogen-bond donors (Lipinski definition) is 0. The Labute approximate surface area is 318 Å². The van der Waals surface area contributed by atoms with E-state index in [4.69, 9.17) is 24.4 Å². The van der Waals surface area contributed by atoms with Crippen molar-refractivity contribution in [2.24, 2.45) is 0 Å². The molecule has 5 nitrogen and oxygen atoms in total. The molecule has 0 aliphatic carbocycles. The molecule has 8 aromatic carbocycles. The molecule has 0 saturated heterocycles. The summed E-state index contributed by atoms with van der Waals surface area (Å²) in [6.07, 6.45) is 0. The lowest BCUT2D eigenvalue weighted by Crippen LogP contribution is -2.57. The number of fused-ring (bicyclic) bond motifs is 5. The highest BCUT2D eigenvalue weighted by atomic mass is 16.5. The van der Waals surface area contributed by atoms with Gasteiger partial charge in [0, 0.05) is 22.2 Å². The number of nitrogens with zero attached hydrogens (tertiary/aromatic N) is 3. The van der Waals surface area contributed by atoms with Crippen molar-refractivity contribution < 1.29 is 9.47 Å². The molecule has 0 saturated carbocycles. The van der Waals surface area contributed by atoms with Gasteiger partial charge in [0.25, 0.3) is 6.71 Å². The topological polar surface area (TPSA) is 57.1 Å². The second-order valence-electron chi connectivity index (χ2n) is 14.0. The van der Waals surface area contributed by atoms with Crippen LogP contribution >= 0.6 is 0 Å². The molecule has 55 heavy (non-hydrogen) atoms. The van der Waals surface area contributed by atoms with E-state index in [2.05, 4.69) is 140 Å². The minimum absolute atomic E-state index is 0.0441. The first-order chi connectivity index (χ1) is 27.2. The molecule has 0 unspecified atom stereocenters. The molecule has 1 aromatic heterocycles. The third kappa shape index (κ3) is 5.46. The van der Waals surface area contributed by atoms with Crippen molar-refractivity contribution in [3.05, 3.63) is 182 Å². The van der Waals surface area contributed by atoms with Crippen molar-refractivity contribution >= 4 is 33.9 Å². The van der Waals surface area contributed by atoms with Gasteiger partial charge in [-0.2, -0.15) is 0 Å². The van der Waals surface area contributed by atoms with Gasteiger partial charge in [-0.25, -0.2) is 15.0 Å². The van der Waals surface area contributed by atoms with Crippen LogP contribution in [0, 0.1) is 0 Å². The molecule has 11 rings (SSSR count). The molecule has 0 fully saturated rings. The second-order valence-corrected chi connectivity index (χ2v) is 14.0. The highest BCUT2D eigenvalue weighted by molar-refractivity contribution is 6.98. The van der Waals surface area contributed by atoms with Crippen LogP contribution in [-0.2, 0) is 0 Å². The quantitative estimate of drug-likeness (QED) is 0.167. The van der Waals surface area contributed by atoms with Crippen LogP contribution in [0.4, 0.5) is 0 Å². The Morgan fingerprint density at radius 2 is 0.782 bits per heavy atom. The Morgan fingerprint density at radius 3 is 1.44 bits per heavy atom. The first-order valence-corrected chi connectivity index (χ1v) is 18.5. The first-order valence-electron chi connectivity index (χ1n) is 18.5. The van der Waals surface area contributed by atoms with Crippen LogP contribution in [0.2, 0.25) is 0 Å². The van der Waals surface area contributed by atoms with Crippen LogP contribution in [0.25, 0.3) is 67.2 Å². The zero-order chi connectivity index (χ0) is 36.3. The highest BCUT2D eigenvalue weighted by Crippen LogP contribution is 2.39. The molecule has 256 valence electrons. The zero-order valence-corrected chi connectivity index (χ0v) is 29.6. The van der Waals surface area contributed by atoms with Crippen LogP contribution in [-0.4, -0.2) is 21.7 Å². The summed E-state index contributed by atoms with van der Waals surface area (Å²) in [6, 6.07) is 62.7. The maximum atomic E-state index is 6.59. The lowest BCUT2D eigenvalue weighted by molar-refractivity contribution is 0.465. The summed E-state index contributed by atoms with van der Waals surface area (Å²) in [5.41, 5.74) is 10.4. The van der Waals surface area contributed by atoms with E-state index in [1.807, 2.05) is 42.5 Å². The number of aromatic nitrogens is 3. The normalized spacial score (nSPS) is 12.3. The summed E-state index contributed by atoms with van der Waals surface area (Å²) >= 11 is 0. The number of para-hydroxylation sites is 2. The van der Waals surface area contributed by atoms with Crippen LogP contribution in [0.3, 0.4) is 0 Å². The van der Waals surface area contributed by atoms with Gasteiger partial charge in [-0.1, -0.05) is 140 Å². The average molecular weight is 704 g/mol. The maximum Gasteiger partial charge on any atom is 0.260 e. The predicted molar refractivity (Wildman–Crippen MR) is 222 cm³/mol. The minimum Gasteiger partial charge on any atom is -0.458 e. The van der Waals surface area contributed by atoms with Gasteiger partial charge >= 0.3 is 0 Å². The molecule has 6 heteroatoms. The van der Waals surface area contributed by atoms with E-state index in [9.17, 15) is 0 Å². The van der Waals surface area contributed by atoms with Crippen LogP contribution in [0.5, 0.6) is 23.0 Å². The number of benzene rings is 8. The molecule has 2 aliphatic rings. The van der Waals surface area contributed by atoms with Crippen molar-refractivity contribution in [3.63, 3.8) is 0 Å². The maximum absolute atomic E-state index is 6.59. The Morgan fingerprint density at radius 1 is 0.309 bits per heavy atom. The van der Waals surface area contributed by atoms with Crippen molar-refractivity contribution in [2.45, 2.75) is 0 Å². The molecule has 0 N–H and O–H groups in total. The fraction of sp³-hybridized carbons (Fsp3) is 0. The summed E-state index contributed by atoms with van der Waals surface area (Å²) in [5, 5.41) is 2.31. The molecule has 0 amide bonds. The van der Waals surface area contributed by atoms with Gasteiger partial charge in [-0.05, 0) is 86.4 Å². The largest absolute Gasteiger partial charge is 0.458 e. The van der Waals surface area contributed by atoms with Crippen LogP contribution in [0.15, 0.2) is 182 Å². The van der Waals surface area contributed by atoms with Crippen molar-refractivity contribution in [1.29, 1.82) is 0 Å². The van der Waals surface area contributed by atoms with Crippen LogP contribution in [0.1, 0.15) is 0 Å². The van der Waals surface area contributed by atoms with Gasteiger partial charge in [0.15, 0.2) is 17.5 Å². The molecule has 0 bridgehead atoms. The van der Waals surface area contributed by atoms with E-state index < -0.39 is 0 Å². The van der Waals surface area contributed by atoms with Gasteiger partial charge in [0.2, 0.25) is 0 Å². The van der Waals surface area contributed by atoms with Gasteiger partial charge < -0.3 is 9.47 Å². The lowest BCUT2D eigenvalue weighted by Gasteiger charge is -2.33. The SMILES string of the molecule is c1ccc(-c2nc(-c3cccc(-c4cccc(-c5cc6c7c(c5)Oc5ccccc5B7c5ccccc5O6)c4)c3)nc(-c3ccc4ccccc4c3)n2)cc1. The van der Waals surface area contributed by atoms with E-state index in [1.165, 1.54) is 5.39 Å². The summed E-state index contributed by atoms with van der Waals surface area (Å²) in [7, 11) is 0. The predicted octanol–water partition coefficient (Wildman–Crippen LogP) is 10.1. The second kappa shape index (κ2) is 12.7. The summed E-state index contributed by atoms with van der Waals surface area (Å²) < 4.78 is 13.2. The monoisotopic (exact) mass is 703 g/mol. The van der Waals surface area contributed by atoms with Crippen molar-refractivity contribution in [3.8, 4) is 79.4 Å². The molecule has 0 atom stereocenters. The average Bonchev–Trinajstić information content (AvgIpc) is 3.26. The van der Waals surface area contributed by atoms with E-state index in [1.54, 1.807) is 0 Å². The lowest BCUT2D eigenvalue weighted by atomic mass is 9.35. The molecule has 0 radical (unpaired) electrons. The van der Waals surface area contributed by atoms with Gasteiger partial charge in [-0.3, -0.25) is 0 Å². The Balaban J connectivity index is 0.990. The fourth-order valence-electron chi connectivity index (χ4n) is 7.96. The van der Waals surface area contributed by atoms with Crippen LogP contribution < -0.4 is 25.9 Å². The van der Waals surface area contributed by atoms with Crippen molar-refractivity contribution in [1.82, 2.24) is 15.0 Å². The molecule has 0 spiro atoms. The molecular weight excluding hydrogens is 673 g/mol. The third-order valence-electron chi connectivity index (χ3n) is 10.6. The van der Waals surface area contributed by atoms with Gasteiger partial charge in [0.1, 0.15) is 23.0 Å². The smallest absolute Gasteiger partial charge is 0.260 e. The number of ether oxygens (including phenoxy) is 2. The number of rotatable bonds is 5. The highest BCUT2D eigenvalue weighted by Gasteiger charge is 2.40. The Kier molecular flexibility index (Phi) is 7.20. The third-order valence-corrected chi connectivity index (χ3v) is 10.6. The van der Waals surface area contributed by atoms with Crippen molar-refractivity contribution in [2.75, 3.05) is 0 Å². The molecule has 3 heterocycles. The van der Waals surface area contributed by atoms with E-state index >= 15 is 0 Å². The van der Waals surface area contributed by atoms with E-state index in [0.717, 1.165) is 83.7 Å². The Bertz CT molecular complexity index is 2890. The first kappa shape index (κ1) is 31.2. The molecular formula is C49H30BN3O2. The minimum atomic E-state index is 0.0441. The number of hydrogen-bond acceptors (Lipinski definition) is 5. The van der Waals surface area contributed by atoms with E-state index in [0.29, 0.717) is 17.5 Å². The summed E-state index contributed by atoms with van der Waals surface area (Å²) in [6.45, 7) is 0.0441. The Hall–Kier alpha value is -7.31. The zero-order valence-electron chi connectivity index (χ0n) is 29.6. The standard InChI is InChI=1S/C49H30BN3O2/c1-2-13-32(14-3-1)47-51-48(53-49(52-47)38-25-24-31-12-4-5-15-33(31)27-38)37-19-11-17-35(28-37)34-16-10-18-36(26-34)39-29-44-46-45(30-39)55-43-23-9-7-21-41(43)50(46)40-20-6-8-22-42(40)54-44/h1-30H. The van der Waals surface area contributed by atoms with E-state index in [-0.39, 0.29) is 6.71 Å². The fourth-order valence-corrected chi connectivity index (χ4v) is 7.96. The molecule has 9 aromatic rings. The summed E-state index contributed by atoms with van der Waals surface area (Å²) in [5.74, 6) is 5.29. The summed E-state index contributed by atoms with van der Waals surface area (Å²) in [4.78, 5) is 15.0. The molecule has 2 aliphatic heterocycles. The van der Waals surface area contributed by atoms with Gasteiger partial charge in [0.05, 0.1) is 0 Å².